The van der Waals surface area contributed by atoms with Gasteiger partial charge in [-0.3, -0.25) is 9.59 Å². The van der Waals surface area contributed by atoms with Gasteiger partial charge < -0.3 is 10.2 Å². The molecular weight excluding hydrogens is 288 g/mol. The third-order valence-corrected chi connectivity index (χ3v) is 4.56. The highest BCUT2D eigenvalue weighted by molar-refractivity contribution is 5.77. The number of rotatable bonds is 7. The summed E-state index contributed by atoms with van der Waals surface area (Å²) in [6.45, 7) is 5.24. The number of carbonyl (C=O) groups is 2. The maximum atomic E-state index is 12.5. The van der Waals surface area contributed by atoms with Gasteiger partial charge in [0.2, 0.25) is 11.8 Å². The smallest absolute Gasteiger partial charge is 0.223 e. The Kier molecular flexibility index (Phi) is 6.63. The highest BCUT2D eigenvalue weighted by Crippen LogP contribution is 2.34. The third-order valence-electron chi connectivity index (χ3n) is 4.56. The summed E-state index contributed by atoms with van der Waals surface area (Å²) in [5.74, 6) is 0.287. The summed E-state index contributed by atoms with van der Waals surface area (Å²) in [5, 5.41) is 2.79. The summed E-state index contributed by atoms with van der Waals surface area (Å²) in [4.78, 5) is 25.4. The molecule has 1 aliphatic rings. The van der Waals surface area contributed by atoms with E-state index in [-0.39, 0.29) is 17.9 Å². The fraction of sp³-hybridized carbons (Fsp3) is 0.579. The number of hydrogen-bond donors (Lipinski definition) is 1. The van der Waals surface area contributed by atoms with Crippen LogP contribution in [0.1, 0.15) is 62.6 Å². The lowest BCUT2D eigenvalue weighted by Crippen LogP contribution is -2.30. The normalized spacial score (nSPS) is 17.3. The van der Waals surface area contributed by atoms with Crippen molar-refractivity contribution in [2.75, 3.05) is 13.1 Å². The zero-order chi connectivity index (χ0) is 16.7. The molecule has 23 heavy (non-hydrogen) atoms. The Morgan fingerprint density at radius 2 is 2.00 bits per heavy atom. The maximum Gasteiger partial charge on any atom is 0.223 e. The van der Waals surface area contributed by atoms with Crippen molar-refractivity contribution in [3.8, 4) is 0 Å². The molecule has 4 nitrogen and oxygen atoms in total. The van der Waals surface area contributed by atoms with E-state index < -0.39 is 0 Å². The fourth-order valence-electron chi connectivity index (χ4n) is 3.34. The molecule has 1 unspecified atom stereocenters. The van der Waals surface area contributed by atoms with Crippen LogP contribution >= 0.6 is 0 Å². The first-order valence-corrected chi connectivity index (χ1v) is 8.69. The second kappa shape index (κ2) is 8.70. The minimum absolute atomic E-state index is 0.0132. The summed E-state index contributed by atoms with van der Waals surface area (Å²) in [7, 11) is 0. The Morgan fingerprint density at radius 1 is 1.22 bits per heavy atom. The molecule has 1 saturated heterocycles. The molecule has 1 N–H and O–H groups in total. The Balaban J connectivity index is 1.80. The van der Waals surface area contributed by atoms with Crippen LogP contribution in [0.3, 0.4) is 0 Å². The molecule has 0 aliphatic carbocycles. The van der Waals surface area contributed by atoms with Gasteiger partial charge in [0.05, 0.1) is 6.04 Å². The quantitative estimate of drug-likeness (QED) is 0.784. The molecule has 0 radical (unpaired) electrons. The van der Waals surface area contributed by atoms with E-state index in [9.17, 15) is 9.59 Å². The van der Waals surface area contributed by atoms with Gasteiger partial charge in [0.1, 0.15) is 0 Å². The molecule has 1 fully saturated rings. The van der Waals surface area contributed by atoms with Gasteiger partial charge in [-0.05, 0) is 43.7 Å². The largest absolute Gasteiger partial charge is 0.356 e. The topological polar surface area (TPSA) is 49.4 Å². The molecule has 1 aromatic carbocycles. The SMILES string of the molecule is CC(=O)NCCCCCC(=O)N1CCCC1c1ccccc1C. The number of hydrogen-bond acceptors (Lipinski definition) is 2. The first kappa shape index (κ1) is 17.5. The number of aryl methyl sites for hydroxylation is 1. The molecule has 1 atom stereocenters. The summed E-state index contributed by atoms with van der Waals surface area (Å²) >= 11 is 0. The predicted molar refractivity (Wildman–Crippen MR) is 92.0 cm³/mol. The van der Waals surface area contributed by atoms with Crippen molar-refractivity contribution in [1.82, 2.24) is 10.2 Å². The highest BCUT2D eigenvalue weighted by Gasteiger charge is 2.30. The number of nitrogens with one attached hydrogen (secondary N) is 1. The van der Waals surface area contributed by atoms with Crippen LogP contribution in [0.5, 0.6) is 0 Å². The molecule has 1 aromatic rings. The Morgan fingerprint density at radius 3 is 2.74 bits per heavy atom. The molecule has 0 bridgehead atoms. The first-order valence-electron chi connectivity index (χ1n) is 8.69. The monoisotopic (exact) mass is 316 g/mol. The van der Waals surface area contributed by atoms with Crippen molar-refractivity contribution >= 4 is 11.8 Å². The average molecular weight is 316 g/mol. The second-order valence-electron chi connectivity index (χ2n) is 6.40. The zero-order valence-corrected chi connectivity index (χ0v) is 14.3. The molecule has 2 amide bonds. The number of carbonyl (C=O) groups excluding carboxylic acids is 2. The molecule has 126 valence electrons. The lowest BCUT2D eigenvalue weighted by Gasteiger charge is -2.26. The minimum atomic E-state index is 0.0132. The molecule has 0 aromatic heterocycles. The van der Waals surface area contributed by atoms with Crippen LogP contribution in [0.15, 0.2) is 24.3 Å². The maximum absolute atomic E-state index is 12.5. The Labute approximate surface area is 139 Å². The van der Waals surface area contributed by atoms with Crippen LogP contribution in [0.4, 0.5) is 0 Å². The van der Waals surface area contributed by atoms with E-state index in [0.717, 1.165) is 38.6 Å². The third kappa shape index (κ3) is 5.08. The number of nitrogens with zero attached hydrogens (tertiary/aromatic N) is 1. The van der Waals surface area contributed by atoms with E-state index in [4.69, 9.17) is 0 Å². The Hall–Kier alpha value is -1.84. The molecule has 4 heteroatoms. The van der Waals surface area contributed by atoms with E-state index in [0.29, 0.717) is 13.0 Å². The zero-order valence-electron chi connectivity index (χ0n) is 14.3. The van der Waals surface area contributed by atoms with Gasteiger partial charge in [0.25, 0.3) is 0 Å². The van der Waals surface area contributed by atoms with Gasteiger partial charge in [-0.2, -0.15) is 0 Å². The number of amides is 2. The van der Waals surface area contributed by atoms with Gasteiger partial charge in [-0.15, -0.1) is 0 Å². The van der Waals surface area contributed by atoms with E-state index in [2.05, 4.69) is 41.4 Å². The van der Waals surface area contributed by atoms with Crippen molar-refractivity contribution in [3.05, 3.63) is 35.4 Å². The minimum Gasteiger partial charge on any atom is -0.356 e. The predicted octanol–water partition coefficient (Wildman–Crippen LogP) is 3.36. The van der Waals surface area contributed by atoms with Crippen LogP contribution in [0.2, 0.25) is 0 Å². The lowest BCUT2D eigenvalue weighted by atomic mass is 9.99. The van der Waals surface area contributed by atoms with Crippen LogP contribution in [-0.2, 0) is 9.59 Å². The van der Waals surface area contributed by atoms with Crippen molar-refractivity contribution in [3.63, 3.8) is 0 Å². The van der Waals surface area contributed by atoms with E-state index in [1.807, 2.05) is 0 Å². The van der Waals surface area contributed by atoms with E-state index >= 15 is 0 Å². The van der Waals surface area contributed by atoms with E-state index in [1.165, 1.54) is 18.1 Å². The molecule has 0 spiro atoms. The summed E-state index contributed by atoms with van der Waals surface area (Å²) in [6, 6.07) is 8.64. The van der Waals surface area contributed by atoms with Gasteiger partial charge in [-0.25, -0.2) is 0 Å². The highest BCUT2D eigenvalue weighted by atomic mass is 16.2. The average Bonchev–Trinajstić information content (AvgIpc) is 3.00. The molecular formula is C19H28N2O2. The van der Waals surface area contributed by atoms with Crippen molar-refractivity contribution in [2.24, 2.45) is 0 Å². The molecule has 2 rings (SSSR count). The van der Waals surface area contributed by atoms with Crippen molar-refractivity contribution < 1.29 is 9.59 Å². The molecule has 1 heterocycles. The number of likely N-dealkylation sites (tertiary alicyclic amines) is 1. The van der Waals surface area contributed by atoms with Crippen molar-refractivity contribution in [2.45, 2.75) is 58.4 Å². The number of benzene rings is 1. The fourth-order valence-corrected chi connectivity index (χ4v) is 3.34. The molecule has 1 aliphatic heterocycles. The van der Waals surface area contributed by atoms with Gasteiger partial charge in [-0.1, -0.05) is 30.7 Å². The van der Waals surface area contributed by atoms with Crippen molar-refractivity contribution in [1.29, 1.82) is 0 Å². The first-order chi connectivity index (χ1) is 11.1. The lowest BCUT2D eigenvalue weighted by molar-refractivity contribution is -0.132. The standard InChI is InChI=1S/C19H28N2O2/c1-15-9-5-6-10-17(15)18-11-8-14-21(18)19(23)12-4-3-7-13-20-16(2)22/h5-6,9-10,18H,3-4,7-8,11-14H2,1-2H3,(H,20,22). The van der Waals surface area contributed by atoms with Crippen LogP contribution in [0, 0.1) is 6.92 Å². The van der Waals surface area contributed by atoms with Gasteiger partial charge in [0.15, 0.2) is 0 Å². The number of unbranched alkanes of at least 4 members (excludes halogenated alkanes) is 2. The van der Waals surface area contributed by atoms with Crippen LogP contribution in [-0.4, -0.2) is 29.8 Å². The van der Waals surface area contributed by atoms with Gasteiger partial charge >= 0.3 is 0 Å². The van der Waals surface area contributed by atoms with Crippen LogP contribution < -0.4 is 5.32 Å². The molecule has 0 saturated carbocycles. The summed E-state index contributed by atoms with van der Waals surface area (Å²) in [5.41, 5.74) is 2.57. The second-order valence-corrected chi connectivity index (χ2v) is 6.40. The Bertz CT molecular complexity index is 542. The summed E-state index contributed by atoms with van der Waals surface area (Å²) in [6.07, 6.45) is 5.59. The van der Waals surface area contributed by atoms with E-state index in [1.54, 1.807) is 0 Å². The van der Waals surface area contributed by atoms with Gasteiger partial charge in [0, 0.05) is 26.4 Å². The summed E-state index contributed by atoms with van der Waals surface area (Å²) < 4.78 is 0. The van der Waals surface area contributed by atoms with Crippen LogP contribution in [0.25, 0.3) is 0 Å².